The van der Waals surface area contributed by atoms with Crippen molar-refractivity contribution in [3.63, 3.8) is 0 Å². The maximum absolute atomic E-state index is 11.5. The van der Waals surface area contributed by atoms with E-state index in [-0.39, 0.29) is 6.16 Å². The second-order valence-corrected chi connectivity index (χ2v) is 10.3. The van der Waals surface area contributed by atoms with E-state index in [2.05, 4.69) is 25.5 Å². The number of rotatable bonds is 18. The smallest absolute Gasteiger partial charge is 0.328 e. The highest BCUT2D eigenvalue weighted by Crippen LogP contribution is 2.41. The van der Waals surface area contributed by atoms with Crippen molar-refractivity contribution in [3.05, 3.63) is 0 Å². The fourth-order valence-corrected chi connectivity index (χ4v) is 4.01. The van der Waals surface area contributed by atoms with E-state index in [0.717, 1.165) is 24.0 Å². The zero-order valence-corrected chi connectivity index (χ0v) is 18.4. The van der Waals surface area contributed by atoms with Gasteiger partial charge in [-0.1, -0.05) is 71.1 Å². The second-order valence-electron chi connectivity index (χ2n) is 8.17. The molecule has 0 radical (unpaired) electrons. The first kappa shape index (κ1) is 25.1. The summed E-state index contributed by atoms with van der Waals surface area (Å²) in [5.41, 5.74) is 0. The molecule has 0 amide bonds. The lowest BCUT2D eigenvalue weighted by Gasteiger charge is -2.30. The minimum absolute atomic E-state index is 0.267. The first-order valence-corrected chi connectivity index (χ1v) is 12.3. The molecule has 0 spiro atoms. The van der Waals surface area contributed by atoms with Gasteiger partial charge in [0.05, 0.1) is 33.3 Å². The second kappa shape index (κ2) is 15.2. The van der Waals surface area contributed by atoms with Crippen LogP contribution in [-0.2, 0) is 9.09 Å². The van der Waals surface area contributed by atoms with Crippen LogP contribution in [0.15, 0.2) is 0 Å². The molecule has 0 aliphatic heterocycles. The van der Waals surface area contributed by atoms with E-state index in [4.69, 9.17) is 0 Å². The average molecular weight is 379 g/mol. The molecule has 0 rings (SSSR count). The highest BCUT2D eigenvalue weighted by atomic mass is 31.2. The summed E-state index contributed by atoms with van der Waals surface area (Å²) in [6.45, 7) is 4.36. The van der Waals surface area contributed by atoms with E-state index >= 15 is 0 Å². The van der Waals surface area contributed by atoms with Crippen LogP contribution in [0.5, 0.6) is 0 Å². The SMILES string of the molecule is CCCCCCCCCCCCCC[N+](C)(C)CCCP(=O)(O)OC. The highest BCUT2D eigenvalue weighted by molar-refractivity contribution is 7.52. The van der Waals surface area contributed by atoms with Crippen molar-refractivity contribution < 1.29 is 18.5 Å². The summed E-state index contributed by atoms with van der Waals surface area (Å²) >= 11 is 0. The summed E-state index contributed by atoms with van der Waals surface area (Å²) in [4.78, 5) is 9.44. The lowest BCUT2D eigenvalue weighted by molar-refractivity contribution is -0.890. The zero-order chi connectivity index (χ0) is 19.0. The number of quaternary nitrogens is 1. The Bertz CT molecular complexity index is 348. The number of nitrogens with zero attached hydrogens (tertiary/aromatic N) is 1. The van der Waals surface area contributed by atoms with Crippen LogP contribution in [0.3, 0.4) is 0 Å². The predicted molar refractivity (Wildman–Crippen MR) is 109 cm³/mol. The van der Waals surface area contributed by atoms with Crippen molar-refractivity contribution in [2.75, 3.05) is 40.5 Å². The molecule has 0 aromatic rings. The molecule has 0 saturated carbocycles. The summed E-state index contributed by atoms with van der Waals surface area (Å²) in [7, 11) is 2.42. The molecule has 4 nitrogen and oxygen atoms in total. The van der Waals surface area contributed by atoms with Gasteiger partial charge >= 0.3 is 7.60 Å². The molecular formula is C20H45NO3P+. The van der Waals surface area contributed by atoms with Gasteiger partial charge < -0.3 is 13.9 Å². The number of hydrogen-bond donors (Lipinski definition) is 1. The number of unbranched alkanes of at least 4 members (excludes halogenated alkanes) is 11. The van der Waals surface area contributed by atoms with Crippen LogP contribution in [0.4, 0.5) is 0 Å². The molecule has 5 heteroatoms. The normalized spacial score (nSPS) is 14.6. The van der Waals surface area contributed by atoms with Gasteiger partial charge in [0.2, 0.25) is 0 Å². The quantitative estimate of drug-likeness (QED) is 0.181. The predicted octanol–water partition coefficient (Wildman–Crippen LogP) is 5.99. The fraction of sp³-hybridized carbons (Fsp3) is 1.00. The topological polar surface area (TPSA) is 46.5 Å². The Labute approximate surface area is 157 Å². The molecule has 152 valence electrons. The van der Waals surface area contributed by atoms with Crippen LogP contribution in [0.1, 0.15) is 90.4 Å². The van der Waals surface area contributed by atoms with E-state index < -0.39 is 7.60 Å². The van der Waals surface area contributed by atoms with E-state index in [9.17, 15) is 9.46 Å². The third-order valence-electron chi connectivity index (χ3n) is 5.11. The zero-order valence-electron chi connectivity index (χ0n) is 17.5. The minimum atomic E-state index is -3.33. The molecule has 0 aliphatic rings. The van der Waals surface area contributed by atoms with Gasteiger partial charge in [0, 0.05) is 13.5 Å². The molecule has 0 bridgehead atoms. The highest BCUT2D eigenvalue weighted by Gasteiger charge is 2.20. The molecular weight excluding hydrogens is 333 g/mol. The van der Waals surface area contributed by atoms with Crippen LogP contribution in [-0.4, -0.2) is 49.8 Å². The third kappa shape index (κ3) is 17.3. The molecule has 0 aromatic carbocycles. The van der Waals surface area contributed by atoms with Crippen molar-refractivity contribution >= 4 is 7.60 Å². The van der Waals surface area contributed by atoms with Gasteiger partial charge in [-0.2, -0.15) is 0 Å². The molecule has 25 heavy (non-hydrogen) atoms. The van der Waals surface area contributed by atoms with Crippen LogP contribution in [0.2, 0.25) is 0 Å². The summed E-state index contributed by atoms with van der Waals surface area (Å²) in [5, 5.41) is 0. The molecule has 1 unspecified atom stereocenters. The Kier molecular flexibility index (Phi) is 15.3. The maximum Gasteiger partial charge on any atom is 0.328 e. The van der Waals surface area contributed by atoms with Gasteiger partial charge in [-0.05, 0) is 12.8 Å². The Morgan fingerprint density at radius 1 is 0.760 bits per heavy atom. The molecule has 0 saturated heterocycles. The molecule has 0 fully saturated rings. The lowest BCUT2D eigenvalue weighted by Crippen LogP contribution is -2.41. The summed E-state index contributed by atoms with van der Waals surface area (Å²) < 4.78 is 17.0. The van der Waals surface area contributed by atoms with Crippen molar-refractivity contribution in [2.24, 2.45) is 0 Å². The monoisotopic (exact) mass is 378 g/mol. The lowest BCUT2D eigenvalue weighted by atomic mass is 10.1. The van der Waals surface area contributed by atoms with Crippen LogP contribution in [0.25, 0.3) is 0 Å². The summed E-state index contributed by atoms with van der Waals surface area (Å²) in [6, 6.07) is 0. The van der Waals surface area contributed by atoms with Gasteiger partial charge in [0.1, 0.15) is 0 Å². The average Bonchev–Trinajstić information content (AvgIpc) is 2.55. The fourth-order valence-electron chi connectivity index (χ4n) is 3.28. The van der Waals surface area contributed by atoms with Crippen LogP contribution < -0.4 is 0 Å². The molecule has 0 heterocycles. The van der Waals surface area contributed by atoms with E-state index in [1.165, 1.54) is 84.2 Å². The minimum Gasteiger partial charge on any atom is -0.328 e. The van der Waals surface area contributed by atoms with Gasteiger partial charge in [0.15, 0.2) is 0 Å². The van der Waals surface area contributed by atoms with Crippen LogP contribution in [0, 0.1) is 0 Å². The standard InChI is InChI=1S/C20H44NO3P/c1-5-6-7-8-9-10-11-12-13-14-15-16-18-21(2,3)19-17-20-25(22,23)24-4/h5-20H2,1-4H3/p+1. The van der Waals surface area contributed by atoms with E-state index in [1.54, 1.807) is 0 Å². The first-order valence-electron chi connectivity index (χ1n) is 10.5. The summed E-state index contributed by atoms with van der Waals surface area (Å²) in [6.07, 6.45) is 17.6. The van der Waals surface area contributed by atoms with Crippen molar-refractivity contribution in [3.8, 4) is 0 Å². The Hall–Kier alpha value is 0.110. The Morgan fingerprint density at radius 2 is 1.16 bits per heavy atom. The Morgan fingerprint density at radius 3 is 1.60 bits per heavy atom. The molecule has 1 N–H and O–H groups in total. The van der Waals surface area contributed by atoms with E-state index in [0.29, 0.717) is 0 Å². The molecule has 0 aliphatic carbocycles. The molecule has 0 aromatic heterocycles. The van der Waals surface area contributed by atoms with Gasteiger partial charge in [0.25, 0.3) is 0 Å². The van der Waals surface area contributed by atoms with Gasteiger partial charge in [-0.25, -0.2) is 0 Å². The summed E-state index contributed by atoms with van der Waals surface area (Å²) in [5.74, 6) is 0. The first-order chi connectivity index (χ1) is 11.8. The van der Waals surface area contributed by atoms with Gasteiger partial charge in [-0.15, -0.1) is 0 Å². The largest absolute Gasteiger partial charge is 0.328 e. The van der Waals surface area contributed by atoms with E-state index in [1.807, 2.05) is 0 Å². The number of hydrogen-bond acceptors (Lipinski definition) is 2. The van der Waals surface area contributed by atoms with Crippen molar-refractivity contribution in [2.45, 2.75) is 90.4 Å². The van der Waals surface area contributed by atoms with Crippen molar-refractivity contribution in [1.82, 2.24) is 0 Å². The Balaban J connectivity index is 3.44. The third-order valence-corrected chi connectivity index (χ3v) is 6.56. The van der Waals surface area contributed by atoms with Gasteiger partial charge in [-0.3, -0.25) is 4.57 Å². The molecule has 1 atom stereocenters. The van der Waals surface area contributed by atoms with Crippen molar-refractivity contribution in [1.29, 1.82) is 0 Å². The van der Waals surface area contributed by atoms with Crippen LogP contribution >= 0.6 is 7.60 Å². The maximum atomic E-state index is 11.5.